The SMILES string of the molecule is CC1CN(c2ccc(C(=O)N(C)C(C)C(=O)O)cn2)CC(C)O1. The smallest absolute Gasteiger partial charge is 0.326 e. The predicted molar refractivity (Wildman–Crippen MR) is 85.7 cm³/mol. The molecule has 7 heteroatoms. The van der Waals surface area contributed by atoms with Gasteiger partial charge in [-0.05, 0) is 32.9 Å². The van der Waals surface area contributed by atoms with Gasteiger partial charge in [-0.3, -0.25) is 4.79 Å². The van der Waals surface area contributed by atoms with E-state index in [9.17, 15) is 9.59 Å². The van der Waals surface area contributed by atoms with Crippen LogP contribution in [-0.4, -0.2) is 65.3 Å². The lowest BCUT2D eigenvalue weighted by atomic mass is 10.2. The lowest BCUT2D eigenvalue weighted by molar-refractivity contribution is -0.141. The first kappa shape index (κ1) is 17.2. The first-order chi connectivity index (χ1) is 10.8. The number of carboxylic acids is 1. The van der Waals surface area contributed by atoms with E-state index in [-0.39, 0.29) is 18.1 Å². The van der Waals surface area contributed by atoms with Gasteiger partial charge in [0.25, 0.3) is 5.91 Å². The third kappa shape index (κ3) is 3.98. The van der Waals surface area contributed by atoms with E-state index in [0.29, 0.717) is 5.56 Å². The molecule has 1 aliphatic rings. The number of carboxylic acid groups (broad SMARTS) is 1. The fourth-order valence-electron chi connectivity index (χ4n) is 2.61. The van der Waals surface area contributed by atoms with Gasteiger partial charge in [-0.2, -0.15) is 0 Å². The number of morpholine rings is 1. The molecule has 1 aliphatic heterocycles. The fraction of sp³-hybridized carbons (Fsp3) is 0.562. The number of ether oxygens (including phenoxy) is 1. The van der Waals surface area contributed by atoms with E-state index >= 15 is 0 Å². The Morgan fingerprint density at radius 2 is 1.96 bits per heavy atom. The Bertz CT molecular complexity index is 565. The first-order valence-corrected chi connectivity index (χ1v) is 7.66. The van der Waals surface area contributed by atoms with Crippen LogP contribution in [0.1, 0.15) is 31.1 Å². The maximum Gasteiger partial charge on any atom is 0.326 e. The van der Waals surface area contributed by atoms with Gasteiger partial charge in [0.2, 0.25) is 0 Å². The highest BCUT2D eigenvalue weighted by Crippen LogP contribution is 2.19. The van der Waals surface area contributed by atoms with Crippen molar-refractivity contribution in [1.82, 2.24) is 9.88 Å². The van der Waals surface area contributed by atoms with Crippen LogP contribution in [0, 0.1) is 0 Å². The molecule has 2 heterocycles. The van der Waals surface area contributed by atoms with Gasteiger partial charge in [-0.25, -0.2) is 9.78 Å². The van der Waals surface area contributed by atoms with Crippen molar-refractivity contribution in [2.24, 2.45) is 0 Å². The molecule has 0 saturated carbocycles. The Labute approximate surface area is 135 Å². The van der Waals surface area contributed by atoms with E-state index in [0.717, 1.165) is 18.9 Å². The monoisotopic (exact) mass is 321 g/mol. The highest BCUT2D eigenvalue weighted by atomic mass is 16.5. The van der Waals surface area contributed by atoms with Crippen LogP contribution < -0.4 is 4.90 Å². The van der Waals surface area contributed by atoms with Crippen LogP contribution in [0.4, 0.5) is 5.82 Å². The summed E-state index contributed by atoms with van der Waals surface area (Å²) in [5.41, 5.74) is 0.374. The fourth-order valence-corrected chi connectivity index (χ4v) is 2.61. The van der Waals surface area contributed by atoms with E-state index in [2.05, 4.69) is 9.88 Å². The van der Waals surface area contributed by atoms with Crippen molar-refractivity contribution in [3.8, 4) is 0 Å². The zero-order valence-electron chi connectivity index (χ0n) is 13.9. The molecule has 2 rings (SSSR count). The normalized spacial score (nSPS) is 22.5. The molecule has 7 nitrogen and oxygen atoms in total. The molecule has 3 unspecified atom stereocenters. The third-order valence-corrected chi connectivity index (χ3v) is 4.00. The number of likely N-dealkylation sites (N-methyl/N-ethyl adjacent to an activating group) is 1. The summed E-state index contributed by atoms with van der Waals surface area (Å²) in [6.07, 6.45) is 1.75. The summed E-state index contributed by atoms with van der Waals surface area (Å²) < 4.78 is 5.69. The number of carbonyl (C=O) groups is 2. The number of nitrogens with zero attached hydrogens (tertiary/aromatic N) is 3. The van der Waals surface area contributed by atoms with Crippen molar-refractivity contribution in [3.63, 3.8) is 0 Å². The number of amides is 1. The summed E-state index contributed by atoms with van der Waals surface area (Å²) in [7, 11) is 1.47. The molecule has 1 fully saturated rings. The van der Waals surface area contributed by atoms with Crippen LogP contribution in [0.25, 0.3) is 0 Å². The number of aliphatic carboxylic acids is 1. The molecule has 1 N–H and O–H groups in total. The minimum atomic E-state index is -1.04. The summed E-state index contributed by atoms with van der Waals surface area (Å²) in [6.45, 7) is 7.01. The van der Waals surface area contributed by atoms with Crippen molar-refractivity contribution >= 4 is 17.7 Å². The van der Waals surface area contributed by atoms with Crippen LogP contribution in [0.2, 0.25) is 0 Å². The largest absolute Gasteiger partial charge is 0.480 e. The number of hydrogen-bond acceptors (Lipinski definition) is 5. The van der Waals surface area contributed by atoms with Gasteiger partial charge in [0.05, 0.1) is 17.8 Å². The summed E-state index contributed by atoms with van der Waals surface area (Å²) in [5.74, 6) is -0.609. The number of hydrogen-bond donors (Lipinski definition) is 1. The molecule has 23 heavy (non-hydrogen) atoms. The summed E-state index contributed by atoms with van der Waals surface area (Å²) >= 11 is 0. The van der Waals surface area contributed by atoms with Crippen LogP contribution in [0.5, 0.6) is 0 Å². The molecule has 1 amide bonds. The second-order valence-electron chi connectivity index (χ2n) is 6.00. The van der Waals surface area contributed by atoms with Gasteiger partial charge in [0.15, 0.2) is 0 Å². The molecule has 0 bridgehead atoms. The van der Waals surface area contributed by atoms with Crippen LogP contribution in [0.3, 0.4) is 0 Å². The Balaban J connectivity index is 2.10. The molecular formula is C16H23N3O4. The topological polar surface area (TPSA) is 83.0 Å². The Kier molecular flexibility index (Phi) is 5.20. The average Bonchev–Trinajstić information content (AvgIpc) is 2.52. The molecular weight excluding hydrogens is 298 g/mol. The van der Waals surface area contributed by atoms with Crippen molar-refractivity contribution in [2.75, 3.05) is 25.0 Å². The Morgan fingerprint density at radius 3 is 2.43 bits per heavy atom. The molecule has 0 spiro atoms. The number of pyridine rings is 1. The van der Waals surface area contributed by atoms with Gasteiger partial charge in [0.1, 0.15) is 11.9 Å². The summed E-state index contributed by atoms with van der Waals surface area (Å²) in [6, 6.07) is 2.58. The van der Waals surface area contributed by atoms with Crippen LogP contribution in [0.15, 0.2) is 18.3 Å². The number of anilines is 1. The molecule has 0 radical (unpaired) electrons. The number of rotatable bonds is 4. The van der Waals surface area contributed by atoms with Gasteiger partial charge < -0.3 is 19.6 Å². The van der Waals surface area contributed by atoms with E-state index in [4.69, 9.17) is 9.84 Å². The quantitative estimate of drug-likeness (QED) is 0.898. The maximum absolute atomic E-state index is 12.3. The van der Waals surface area contributed by atoms with Gasteiger partial charge in [0, 0.05) is 26.3 Å². The van der Waals surface area contributed by atoms with Crippen molar-refractivity contribution in [1.29, 1.82) is 0 Å². The third-order valence-electron chi connectivity index (χ3n) is 4.00. The number of carbonyl (C=O) groups excluding carboxylic acids is 1. The van der Waals surface area contributed by atoms with Gasteiger partial charge >= 0.3 is 5.97 Å². The minimum absolute atomic E-state index is 0.129. The Hall–Kier alpha value is -2.15. The Morgan fingerprint density at radius 1 is 1.35 bits per heavy atom. The predicted octanol–water partition coefficient (Wildman–Crippen LogP) is 1.24. The van der Waals surface area contributed by atoms with E-state index < -0.39 is 12.0 Å². The van der Waals surface area contributed by atoms with Crippen molar-refractivity contribution in [3.05, 3.63) is 23.9 Å². The second-order valence-corrected chi connectivity index (χ2v) is 6.00. The lowest BCUT2D eigenvalue weighted by Crippen LogP contribution is -2.45. The molecule has 1 saturated heterocycles. The zero-order chi connectivity index (χ0) is 17.1. The van der Waals surface area contributed by atoms with Crippen molar-refractivity contribution in [2.45, 2.75) is 39.0 Å². The van der Waals surface area contributed by atoms with E-state index in [1.165, 1.54) is 25.1 Å². The van der Waals surface area contributed by atoms with Crippen LogP contribution in [-0.2, 0) is 9.53 Å². The second kappa shape index (κ2) is 6.95. The molecule has 1 aromatic rings. The van der Waals surface area contributed by atoms with Crippen molar-refractivity contribution < 1.29 is 19.4 Å². The zero-order valence-corrected chi connectivity index (χ0v) is 13.9. The first-order valence-electron chi connectivity index (χ1n) is 7.66. The highest BCUT2D eigenvalue weighted by molar-refractivity contribution is 5.96. The summed E-state index contributed by atoms with van der Waals surface area (Å²) in [4.78, 5) is 30.9. The van der Waals surface area contributed by atoms with E-state index in [1.54, 1.807) is 12.1 Å². The molecule has 3 atom stereocenters. The van der Waals surface area contributed by atoms with E-state index in [1.807, 2.05) is 13.8 Å². The number of aromatic nitrogens is 1. The molecule has 0 aromatic carbocycles. The molecule has 1 aromatic heterocycles. The lowest BCUT2D eigenvalue weighted by Gasteiger charge is -2.36. The standard InChI is InChI=1S/C16H23N3O4/c1-10-8-19(9-11(2)23-10)14-6-5-13(7-17-14)15(20)18(4)12(3)16(21)22/h5-7,10-12H,8-9H2,1-4H3,(H,21,22). The minimum Gasteiger partial charge on any atom is -0.480 e. The average molecular weight is 321 g/mol. The summed E-state index contributed by atoms with van der Waals surface area (Å²) in [5, 5.41) is 8.98. The van der Waals surface area contributed by atoms with Gasteiger partial charge in [-0.1, -0.05) is 0 Å². The van der Waals surface area contributed by atoms with Crippen LogP contribution >= 0.6 is 0 Å². The van der Waals surface area contributed by atoms with Gasteiger partial charge in [-0.15, -0.1) is 0 Å². The maximum atomic E-state index is 12.3. The molecule has 126 valence electrons. The highest BCUT2D eigenvalue weighted by Gasteiger charge is 2.25. The molecule has 0 aliphatic carbocycles.